The number of nitrogens with zero attached hydrogens (tertiary/aromatic N) is 2. The zero-order valence-corrected chi connectivity index (χ0v) is 2.96. The lowest BCUT2D eigenvalue weighted by Crippen LogP contribution is -1.77. The van der Waals surface area contributed by atoms with E-state index in [-0.39, 0.29) is 0 Å². The van der Waals surface area contributed by atoms with E-state index in [1.54, 1.807) is 0 Å². The highest BCUT2D eigenvalue weighted by molar-refractivity contribution is 5.59. The summed E-state index contributed by atoms with van der Waals surface area (Å²) in [6.45, 7) is 0. The quantitative estimate of drug-likeness (QED) is 0.409. The van der Waals surface area contributed by atoms with Gasteiger partial charge >= 0.3 is 0 Å². The lowest BCUT2D eigenvalue weighted by atomic mass is 11.0. The predicted octanol–water partition coefficient (Wildman–Crippen LogP) is 0.143. The molecule has 0 radical (unpaired) electrons. The number of hydrogen-bond acceptors (Lipinski definition) is 3. The maximum absolute atomic E-state index is 4.26. The maximum Gasteiger partial charge on any atom is 0.213 e. The molecule has 1 aliphatic heterocycles. The van der Waals surface area contributed by atoms with Crippen molar-refractivity contribution < 1.29 is 4.84 Å². The van der Waals surface area contributed by atoms with Crippen molar-refractivity contribution in [2.75, 3.05) is 0 Å². The average Bonchev–Trinajstić information content (AvgIpc) is 1.72. The molecule has 0 aromatic carbocycles. The first kappa shape index (κ1) is 3.12. The van der Waals surface area contributed by atoms with Gasteiger partial charge in [-0.25, -0.2) is 4.99 Å². The van der Waals surface area contributed by atoms with E-state index in [0.29, 0.717) is 0 Å². The Morgan fingerprint density at radius 2 is 2.67 bits per heavy atom. The van der Waals surface area contributed by atoms with Crippen LogP contribution in [0.5, 0.6) is 0 Å². The van der Waals surface area contributed by atoms with Crippen molar-refractivity contribution in [3.63, 3.8) is 0 Å². The predicted molar refractivity (Wildman–Crippen MR) is 21.6 cm³/mol. The number of hydrogen-bond donors (Lipinski definition) is 0. The van der Waals surface area contributed by atoms with Crippen LogP contribution in [0, 0.1) is 0 Å². The standard InChI is InChI=1S/C3H2N2O/c1-2-5-6-3-4-1/h1,3H. The van der Waals surface area contributed by atoms with Crippen LogP contribution in [-0.4, -0.2) is 12.3 Å². The molecule has 1 aliphatic rings. The summed E-state index contributed by atoms with van der Waals surface area (Å²) in [7, 11) is 0. The van der Waals surface area contributed by atoms with E-state index in [0.717, 1.165) is 0 Å². The first-order valence-corrected chi connectivity index (χ1v) is 1.45. The normalized spacial score (nSPS) is 14.7. The van der Waals surface area contributed by atoms with E-state index >= 15 is 0 Å². The van der Waals surface area contributed by atoms with Crippen LogP contribution >= 0.6 is 0 Å². The summed E-state index contributed by atoms with van der Waals surface area (Å²) < 4.78 is 0. The van der Waals surface area contributed by atoms with E-state index in [2.05, 4.69) is 20.9 Å². The molecule has 30 valence electrons. The fourth-order valence-electron chi connectivity index (χ4n) is 0.169. The second kappa shape index (κ2) is 1.38. The fraction of sp³-hybridized carbons (Fsp3) is 0. The number of aliphatic imine (C=N–C) groups is 1. The molecule has 0 bridgehead atoms. The van der Waals surface area contributed by atoms with Crippen molar-refractivity contribution in [2.45, 2.75) is 0 Å². The van der Waals surface area contributed by atoms with Gasteiger partial charge in [0.15, 0.2) is 0 Å². The van der Waals surface area contributed by atoms with Crippen LogP contribution in [0.1, 0.15) is 0 Å². The van der Waals surface area contributed by atoms with Crippen LogP contribution in [0.25, 0.3) is 0 Å². The van der Waals surface area contributed by atoms with Gasteiger partial charge in [0.25, 0.3) is 0 Å². The van der Waals surface area contributed by atoms with Gasteiger partial charge in [-0.15, -0.1) is 0 Å². The largest absolute Gasteiger partial charge is 0.336 e. The highest BCUT2D eigenvalue weighted by Crippen LogP contribution is 1.73. The molecule has 6 heavy (non-hydrogen) atoms. The Hall–Kier alpha value is -1.08. The third-order valence-electron chi connectivity index (χ3n) is 0.346. The van der Waals surface area contributed by atoms with Crippen LogP contribution in [0.15, 0.2) is 16.3 Å². The van der Waals surface area contributed by atoms with Gasteiger partial charge in [-0.05, 0) is 5.16 Å². The van der Waals surface area contributed by atoms with E-state index in [1.165, 1.54) is 12.6 Å². The highest BCUT2D eigenvalue weighted by Gasteiger charge is 1.69. The van der Waals surface area contributed by atoms with Crippen LogP contribution in [-0.2, 0) is 4.84 Å². The molecule has 0 aromatic heterocycles. The Bertz CT molecular complexity index is 121. The SMILES string of the molecule is C1=CN=CON=1. The van der Waals surface area contributed by atoms with Crippen molar-refractivity contribution >= 4 is 12.3 Å². The summed E-state index contributed by atoms with van der Waals surface area (Å²) in [4.78, 5) is 7.76. The molecule has 1 heterocycles. The Morgan fingerprint density at radius 1 is 1.67 bits per heavy atom. The van der Waals surface area contributed by atoms with Crippen molar-refractivity contribution in [2.24, 2.45) is 10.1 Å². The molecule has 0 saturated heterocycles. The Labute approximate surface area is 34.6 Å². The Morgan fingerprint density at radius 3 is 2.83 bits per heavy atom. The van der Waals surface area contributed by atoms with Crippen molar-refractivity contribution in [1.82, 2.24) is 0 Å². The maximum atomic E-state index is 4.26. The second-order valence-corrected chi connectivity index (χ2v) is 0.709. The van der Waals surface area contributed by atoms with E-state index in [9.17, 15) is 0 Å². The molecule has 0 amide bonds. The smallest absolute Gasteiger partial charge is 0.213 e. The summed E-state index contributed by atoms with van der Waals surface area (Å²) >= 11 is 0. The second-order valence-electron chi connectivity index (χ2n) is 0.709. The minimum absolute atomic E-state index is 1.23. The Balaban J connectivity index is 2.78. The molecule has 1 rings (SSSR count). The highest BCUT2D eigenvalue weighted by atomic mass is 16.6. The summed E-state index contributed by atoms with van der Waals surface area (Å²) in [5, 5.41) is 3.22. The van der Waals surface area contributed by atoms with Crippen molar-refractivity contribution in [1.29, 1.82) is 0 Å². The van der Waals surface area contributed by atoms with Gasteiger partial charge in [-0.1, -0.05) is 0 Å². The summed E-state index contributed by atoms with van der Waals surface area (Å²) in [5.41, 5.74) is 0. The van der Waals surface area contributed by atoms with E-state index < -0.39 is 0 Å². The summed E-state index contributed by atoms with van der Waals surface area (Å²) in [5.74, 6) is 2.36. The molecule has 0 aromatic rings. The van der Waals surface area contributed by atoms with Crippen LogP contribution in [0.2, 0.25) is 0 Å². The Kier molecular flexibility index (Phi) is 0.719. The number of rotatable bonds is 0. The minimum Gasteiger partial charge on any atom is -0.336 e. The minimum atomic E-state index is 1.23. The molecule has 0 atom stereocenters. The summed E-state index contributed by atoms with van der Waals surface area (Å²) in [6.07, 6.45) is 2.65. The van der Waals surface area contributed by atoms with E-state index in [4.69, 9.17) is 0 Å². The van der Waals surface area contributed by atoms with Gasteiger partial charge in [0.2, 0.25) is 6.40 Å². The molecular weight excluding hydrogens is 80.0 g/mol. The van der Waals surface area contributed by atoms with Crippen LogP contribution in [0.3, 0.4) is 0 Å². The molecule has 3 heteroatoms. The molecule has 0 spiro atoms. The molecule has 0 N–H and O–H groups in total. The lowest BCUT2D eigenvalue weighted by Gasteiger charge is -1.81. The van der Waals surface area contributed by atoms with E-state index in [1.807, 2.05) is 0 Å². The third kappa shape index (κ3) is 0.445. The average molecular weight is 82.1 g/mol. The summed E-state index contributed by atoms with van der Waals surface area (Å²) in [6, 6.07) is 0. The molecule has 0 fully saturated rings. The fourth-order valence-corrected chi connectivity index (χ4v) is 0.169. The zero-order chi connectivity index (χ0) is 4.24. The lowest BCUT2D eigenvalue weighted by molar-refractivity contribution is 0.346. The zero-order valence-electron chi connectivity index (χ0n) is 2.96. The molecule has 0 saturated carbocycles. The van der Waals surface area contributed by atoms with Crippen LogP contribution in [0.4, 0.5) is 0 Å². The van der Waals surface area contributed by atoms with Gasteiger partial charge in [0, 0.05) is 5.87 Å². The van der Waals surface area contributed by atoms with Crippen molar-refractivity contribution in [3.8, 4) is 0 Å². The third-order valence-corrected chi connectivity index (χ3v) is 0.346. The first-order valence-electron chi connectivity index (χ1n) is 1.45. The van der Waals surface area contributed by atoms with Gasteiger partial charge in [0.05, 0.1) is 6.20 Å². The van der Waals surface area contributed by atoms with Crippen LogP contribution < -0.4 is 0 Å². The molecule has 3 nitrogen and oxygen atoms in total. The molecule has 0 aliphatic carbocycles. The monoisotopic (exact) mass is 82.0 g/mol. The van der Waals surface area contributed by atoms with Gasteiger partial charge in [0.1, 0.15) is 0 Å². The van der Waals surface area contributed by atoms with Crippen molar-refractivity contribution in [3.05, 3.63) is 6.20 Å². The first-order chi connectivity index (χ1) is 3.00. The molecular formula is C3H2N2O. The molecule has 0 unspecified atom stereocenters. The van der Waals surface area contributed by atoms with Gasteiger partial charge < -0.3 is 4.84 Å². The van der Waals surface area contributed by atoms with Gasteiger partial charge in [-0.3, -0.25) is 0 Å². The van der Waals surface area contributed by atoms with Gasteiger partial charge in [-0.2, -0.15) is 0 Å². The topological polar surface area (TPSA) is 34.0 Å².